The summed E-state index contributed by atoms with van der Waals surface area (Å²) in [5, 5.41) is 17.4. The molecule has 6 nitrogen and oxygen atoms in total. The van der Waals surface area contributed by atoms with Gasteiger partial charge in [0, 0.05) is 19.2 Å². The fourth-order valence-corrected chi connectivity index (χ4v) is 1.53. The molecule has 0 aliphatic carbocycles. The van der Waals surface area contributed by atoms with Crippen molar-refractivity contribution in [2.45, 2.75) is 26.7 Å². The lowest BCUT2D eigenvalue weighted by atomic mass is 9.88. The molecule has 0 unspecified atom stereocenters. The Bertz CT molecular complexity index is 434. The van der Waals surface area contributed by atoms with Gasteiger partial charge in [0.25, 0.3) is 11.5 Å². The van der Waals surface area contributed by atoms with Gasteiger partial charge in [-0.3, -0.25) is 9.59 Å². The Morgan fingerprint density at radius 1 is 1.50 bits per heavy atom. The summed E-state index contributed by atoms with van der Waals surface area (Å²) in [6, 6.07) is 2.65. The highest BCUT2D eigenvalue weighted by Gasteiger charge is 2.19. The van der Waals surface area contributed by atoms with Gasteiger partial charge in [-0.05, 0) is 24.3 Å². The van der Waals surface area contributed by atoms with Gasteiger partial charge in [-0.1, -0.05) is 13.8 Å². The van der Waals surface area contributed by atoms with E-state index in [9.17, 15) is 9.59 Å². The highest BCUT2D eigenvalue weighted by molar-refractivity contribution is 5.91. The highest BCUT2D eigenvalue weighted by atomic mass is 16.3. The molecule has 0 bridgehead atoms. The van der Waals surface area contributed by atoms with Crippen LogP contribution in [0.5, 0.6) is 0 Å². The molecule has 0 aromatic carbocycles. The van der Waals surface area contributed by atoms with Crippen molar-refractivity contribution in [3.05, 3.63) is 28.2 Å². The number of aliphatic hydroxyl groups excluding tert-OH is 1. The van der Waals surface area contributed by atoms with E-state index in [4.69, 9.17) is 5.11 Å². The van der Waals surface area contributed by atoms with Gasteiger partial charge in [0.15, 0.2) is 0 Å². The molecule has 0 saturated carbocycles. The zero-order chi connectivity index (χ0) is 13.6. The van der Waals surface area contributed by atoms with E-state index in [1.165, 1.54) is 12.1 Å². The van der Waals surface area contributed by atoms with Crippen molar-refractivity contribution in [2.24, 2.45) is 5.41 Å². The number of carbonyl (C=O) groups is 1. The van der Waals surface area contributed by atoms with Gasteiger partial charge >= 0.3 is 0 Å². The van der Waals surface area contributed by atoms with Crippen LogP contribution >= 0.6 is 0 Å². The molecule has 1 aromatic rings. The summed E-state index contributed by atoms with van der Waals surface area (Å²) in [5.41, 5.74) is -0.233. The monoisotopic (exact) mass is 253 g/mol. The van der Waals surface area contributed by atoms with Gasteiger partial charge in [0.1, 0.15) is 5.69 Å². The fourth-order valence-electron chi connectivity index (χ4n) is 1.53. The number of carbonyl (C=O) groups excluding carboxylic acids is 1. The minimum absolute atomic E-state index is 0.0828. The van der Waals surface area contributed by atoms with Crippen molar-refractivity contribution in [1.29, 1.82) is 0 Å². The van der Waals surface area contributed by atoms with Gasteiger partial charge < -0.3 is 10.4 Å². The lowest BCUT2D eigenvalue weighted by Crippen LogP contribution is -2.35. The number of rotatable bonds is 6. The lowest BCUT2D eigenvalue weighted by molar-refractivity contribution is 0.0927. The summed E-state index contributed by atoms with van der Waals surface area (Å²) in [6.07, 6.45) is 1.53. The van der Waals surface area contributed by atoms with Crippen molar-refractivity contribution in [3.63, 3.8) is 0 Å². The third kappa shape index (κ3) is 4.67. The summed E-state index contributed by atoms with van der Waals surface area (Å²) < 4.78 is 0. The minimum Gasteiger partial charge on any atom is -0.396 e. The number of amides is 1. The predicted molar refractivity (Wildman–Crippen MR) is 67.3 cm³/mol. The Balaban J connectivity index is 2.50. The van der Waals surface area contributed by atoms with Crippen molar-refractivity contribution in [1.82, 2.24) is 15.5 Å². The average molecular weight is 253 g/mol. The summed E-state index contributed by atoms with van der Waals surface area (Å²) in [5.74, 6) is -0.316. The standard InChI is InChI=1S/C12H19N3O3/c1-12(2,6-3-7-16)8-13-11(18)9-4-5-10(17)15-14-9/h4-5,16H,3,6-8H2,1-2H3,(H,13,18)(H,15,17). The quantitative estimate of drug-likeness (QED) is 0.679. The summed E-state index contributed by atoms with van der Waals surface area (Å²) in [7, 11) is 0. The fraction of sp³-hybridized carbons (Fsp3) is 0.583. The molecule has 0 aliphatic rings. The van der Waals surface area contributed by atoms with Gasteiger partial charge in [-0.15, -0.1) is 0 Å². The SMILES string of the molecule is CC(C)(CCCO)CNC(=O)c1ccc(=O)[nH]n1. The van der Waals surface area contributed by atoms with Crippen LogP contribution in [-0.4, -0.2) is 34.4 Å². The Morgan fingerprint density at radius 3 is 2.78 bits per heavy atom. The number of aromatic amines is 1. The Labute approximate surface area is 105 Å². The molecule has 1 rings (SSSR count). The van der Waals surface area contributed by atoms with Crippen LogP contribution in [-0.2, 0) is 0 Å². The molecule has 18 heavy (non-hydrogen) atoms. The largest absolute Gasteiger partial charge is 0.396 e. The Kier molecular flexibility index (Phi) is 5.03. The van der Waals surface area contributed by atoms with Gasteiger partial charge in [0.2, 0.25) is 0 Å². The number of aromatic nitrogens is 2. The first-order chi connectivity index (χ1) is 8.44. The van der Waals surface area contributed by atoms with Crippen LogP contribution in [0.3, 0.4) is 0 Å². The van der Waals surface area contributed by atoms with Crippen LogP contribution in [0.15, 0.2) is 16.9 Å². The molecule has 0 spiro atoms. The molecule has 100 valence electrons. The van der Waals surface area contributed by atoms with E-state index in [1.807, 2.05) is 13.8 Å². The van der Waals surface area contributed by atoms with E-state index < -0.39 is 0 Å². The molecular weight excluding hydrogens is 234 g/mol. The van der Waals surface area contributed by atoms with Crippen molar-refractivity contribution in [2.75, 3.05) is 13.2 Å². The molecule has 1 heterocycles. The summed E-state index contributed by atoms with van der Waals surface area (Å²) >= 11 is 0. The summed E-state index contributed by atoms with van der Waals surface area (Å²) in [4.78, 5) is 22.5. The molecule has 0 aliphatic heterocycles. The zero-order valence-electron chi connectivity index (χ0n) is 10.7. The maximum absolute atomic E-state index is 11.7. The predicted octanol–water partition coefficient (Wildman–Crippen LogP) is 0.298. The van der Waals surface area contributed by atoms with Crippen LogP contribution in [0.25, 0.3) is 0 Å². The van der Waals surface area contributed by atoms with E-state index >= 15 is 0 Å². The molecule has 0 saturated heterocycles. The normalized spacial score (nSPS) is 11.3. The van der Waals surface area contributed by atoms with Gasteiger partial charge in [0.05, 0.1) is 0 Å². The second-order valence-corrected chi connectivity index (χ2v) is 4.98. The van der Waals surface area contributed by atoms with E-state index in [0.717, 1.165) is 6.42 Å². The number of nitrogens with one attached hydrogen (secondary N) is 2. The van der Waals surface area contributed by atoms with E-state index in [0.29, 0.717) is 13.0 Å². The number of aliphatic hydroxyl groups is 1. The summed E-state index contributed by atoms with van der Waals surface area (Å²) in [6.45, 7) is 4.68. The first kappa shape index (κ1) is 14.4. The van der Waals surface area contributed by atoms with Crippen molar-refractivity contribution < 1.29 is 9.90 Å². The molecule has 0 atom stereocenters. The topological polar surface area (TPSA) is 95.1 Å². The molecule has 3 N–H and O–H groups in total. The van der Waals surface area contributed by atoms with E-state index in [2.05, 4.69) is 15.5 Å². The van der Waals surface area contributed by atoms with Crippen molar-refractivity contribution in [3.8, 4) is 0 Å². The number of nitrogens with zero attached hydrogens (tertiary/aromatic N) is 1. The number of H-pyrrole nitrogens is 1. The van der Waals surface area contributed by atoms with Gasteiger partial charge in [-0.25, -0.2) is 5.10 Å². The van der Waals surface area contributed by atoms with Crippen LogP contribution in [0.4, 0.5) is 0 Å². The zero-order valence-corrected chi connectivity index (χ0v) is 10.7. The lowest BCUT2D eigenvalue weighted by Gasteiger charge is -2.24. The third-order valence-electron chi connectivity index (χ3n) is 2.65. The molecular formula is C12H19N3O3. The number of hydrogen-bond acceptors (Lipinski definition) is 4. The van der Waals surface area contributed by atoms with Crippen LogP contribution in [0.1, 0.15) is 37.2 Å². The average Bonchev–Trinajstić information content (AvgIpc) is 2.35. The number of hydrogen-bond donors (Lipinski definition) is 3. The first-order valence-electron chi connectivity index (χ1n) is 5.89. The molecule has 1 amide bonds. The maximum atomic E-state index is 11.7. The Hall–Kier alpha value is -1.69. The highest BCUT2D eigenvalue weighted by Crippen LogP contribution is 2.20. The van der Waals surface area contributed by atoms with Crippen molar-refractivity contribution >= 4 is 5.91 Å². The van der Waals surface area contributed by atoms with Gasteiger partial charge in [-0.2, -0.15) is 5.10 Å². The van der Waals surface area contributed by atoms with Crippen LogP contribution in [0.2, 0.25) is 0 Å². The Morgan fingerprint density at radius 2 is 2.22 bits per heavy atom. The van der Waals surface area contributed by atoms with E-state index in [1.54, 1.807) is 0 Å². The minimum atomic E-state index is -0.338. The van der Waals surface area contributed by atoms with Crippen LogP contribution < -0.4 is 10.9 Å². The second kappa shape index (κ2) is 6.30. The molecule has 6 heteroatoms. The molecule has 0 fully saturated rings. The van der Waals surface area contributed by atoms with Crippen LogP contribution in [0, 0.1) is 5.41 Å². The smallest absolute Gasteiger partial charge is 0.271 e. The van der Waals surface area contributed by atoms with E-state index in [-0.39, 0.29) is 29.2 Å². The third-order valence-corrected chi connectivity index (χ3v) is 2.65. The molecule has 0 radical (unpaired) electrons. The first-order valence-corrected chi connectivity index (χ1v) is 5.89. The maximum Gasteiger partial charge on any atom is 0.271 e. The molecule has 1 aromatic heterocycles. The second-order valence-electron chi connectivity index (χ2n) is 4.98.